The normalized spacial score (nSPS) is 11.6. The summed E-state index contributed by atoms with van der Waals surface area (Å²) in [6.07, 6.45) is 0.146. The maximum absolute atomic E-state index is 14.9. The van der Waals surface area contributed by atoms with Gasteiger partial charge in [-0.1, -0.05) is 133 Å². The third kappa shape index (κ3) is 9.77. The molecule has 0 unspecified atom stereocenters. The number of aryl methyl sites for hydroxylation is 4. The van der Waals surface area contributed by atoms with E-state index in [1.807, 2.05) is 71.0 Å². The van der Waals surface area contributed by atoms with Crippen LogP contribution in [0.4, 0.5) is 5.69 Å². The first kappa shape index (κ1) is 46.5. The molecule has 0 aliphatic rings. The van der Waals surface area contributed by atoms with Gasteiger partial charge >= 0.3 is 0 Å². The summed E-state index contributed by atoms with van der Waals surface area (Å²) in [4.78, 5) is 55.6. The lowest BCUT2D eigenvalue weighted by molar-refractivity contribution is -0.116. The first-order valence-corrected chi connectivity index (χ1v) is 26.1. The Bertz CT molecular complexity index is 2450. The Morgan fingerprint density at radius 1 is 0.484 bits per heavy atom. The minimum atomic E-state index is -3.76. The van der Waals surface area contributed by atoms with Crippen molar-refractivity contribution in [2.24, 2.45) is 0 Å². The Morgan fingerprint density at radius 3 is 1.27 bits per heavy atom. The number of thioether (sulfide) groups is 2. The molecular weight excluding hydrogens is 849 g/mol. The predicted molar refractivity (Wildman–Crippen MR) is 261 cm³/mol. The standard InChI is InChI=1S/C51H51NO6P2S2/c1-34-29-35(2)47(50(55)59(57,41-19-11-7-12-20-41)42-21-13-8-14-22-42)38(5)45(34)31-40(53)32-61-27-28-62-33-46(54)52-49-37(4)30-36(3)48(39(49)6)51(56)60(58,43-23-15-9-16-24-43)44-25-17-10-18-26-44/h7-26,29-30H,27-28,31-33H2,1-6H3,(H,52,54). The van der Waals surface area contributed by atoms with E-state index in [1.54, 1.807) is 104 Å². The smallest absolute Gasteiger partial charge is 0.234 e. The third-order valence-corrected chi connectivity index (χ3v) is 19.0. The summed E-state index contributed by atoms with van der Waals surface area (Å²) in [5.74, 6) is 1.51. The summed E-state index contributed by atoms with van der Waals surface area (Å²) >= 11 is 2.94. The molecule has 0 radical (unpaired) electrons. The molecule has 0 saturated carbocycles. The van der Waals surface area contributed by atoms with Gasteiger partial charge in [-0.2, -0.15) is 23.5 Å². The zero-order chi connectivity index (χ0) is 44.6. The number of hydrogen-bond acceptors (Lipinski definition) is 8. The van der Waals surface area contributed by atoms with Gasteiger partial charge in [-0.05, 0) is 80.5 Å². The lowest BCUT2D eigenvalue weighted by Gasteiger charge is -2.22. The molecule has 0 aromatic heterocycles. The maximum Gasteiger partial charge on any atom is 0.234 e. The zero-order valence-electron chi connectivity index (χ0n) is 35.9. The number of nitrogens with one attached hydrogen (secondary N) is 1. The van der Waals surface area contributed by atoms with Crippen molar-refractivity contribution in [2.45, 2.75) is 48.0 Å². The minimum Gasteiger partial charge on any atom is -0.325 e. The van der Waals surface area contributed by atoms with Crippen LogP contribution in [-0.4, -0.2) is 45.8 Å². The van der Waals surface area contributed by atoms with Crippen molar-refractivity contribution >= 4 is 87.5 Å². The van der Waals surface area contributed by atoms with E-state index >= 15 is 0 Å². The number of carbonyl (C=O) groups excluding carboxylic acids is 4. The topological polar surface area (TPSA) is 114 Å². The summed E-state index contributed by atoms with van der Waals surface area (Å²) in [5.41, 5.74) is 5.51. The molecule has 1 N–H and O–H groups in total. The highest BCUT2D eigenvalue weighted by Gasteiger charge is 2.40. The summed E-state index contributed by atoms with van der Waals surface area (Å²) < 4.78 is 29.9. The van der Waals surface area contributed by atoms with Gasteiger partial charge < -0.3 is 14.4 Å². The van der Waals surface area contributed by atoms with Gasteiger partial charge in [-0.3, -0.25) is 19.2 Å². The molecule has 11 heteroatoms. The van der Waals surface area contributed by atoms with Crippen LogP contribution in [0.25, 0.3) is 0 Å². The molecular formula is C51H51NO6P2S2. The average molecular weight is 900 g/mol. The highest BCUT2D eigenvalue weighted by atomic mass is 32.2. The first-order valence-electron chi connectivity index (χ1n) is 20.4. The molecule has 0 bridgehead atoms. The highest BCUT2D eigenvalue weighted by Crippen LogP contribution is 2.50. The van der Waals surface area contributed by atoms with Crippen LogP contribution >= 0.6 is 37.8 Å². The number of benzene rings is 6. The molecule has 7 nitrogen and oxygen atoms in total. The zero-order valence-corrected chi connectivity index (χ0v) is 39.3. The fourth-order valence-corrected chi connectivity index (χ4v) is 15.1. The number of carbonyl (C=O) groups is 4. The van der Waals surface area contributed by atoms with E-state index in [0.29, 0.717) is 66.2 Å². The monoisotopic (exact) mass is 899 g/mol. The number of amides is 1. The fourth-order valence-electron chi connectivity index (χ4n) is 8.06. The van der Waals surface area contributed by atoms with E-state index in [2.05, 4.69) is 5.32 Å². The van der Waals surface area contributed by atoms with Crippen molar-refractivity contribution in [3.63, 3.8) is 0 Å². The molecule has 318 valence electrons. The van der Waals surface area contributed by atoms with E-state index in [1.165, 1.54) is 23.5 Å². The molecule has 0 atom stereocenters. The van der Waals surface area contributed by atoms with Gasteiger partial charge in [-0.15, -0.1) is 0 Å². The molecule has 62 heavy (non-hydrogen) atoms. The van der Waals surface area contributed by atoms with Gasteiger partial charge in [0.05, 0.1) is 11.5 Å². The number of hydrogen-bond donors (Lipinski definition) is 1. The lowest BCUT2D eigenvalue weighted by atomic mass is 9.91. The summed E-state index contributed by atoms with van der Waals surface area (Å²) in [7, 11) is -7.50. The second kappa shape index (κ2) is 20.4. The number of anilines is 1. The van der Waals surface area contributed by atoms with E-state index in [-0.39, 0.29) is 29.6 Å². The fraction of sp³-hybridized carbons (Fsp3) is 0.216. The van der Waals surface area contributed by atoms with Gasteiger partial charge in [0.1, 0.15) is 5.78 Å². The number of ketones is 1. The SMILES string of the molecule is Cc1cc(C)c(C(=O)P(=O)(c2ccccc2)c2ccccc2)c(C)c1CC(=O)CSCCSCC(=O)Nc1c(C)cc(C)c(C(=O)P(=O)(c2ccccc2)c2ccccc2)c1C. The van der Waals surface area contributed by atoms with Crippen molar-refractivity contribution in [1.29, 1.82) is 0 Å². The number of rotatable bonds is 18. The first-order chi connectivity index (χ1) is 29.7. The van der Waals surface area contributed by atoms with Gasteiger partial charge in [0.25, 0.3) is 0 Å². The van der Waals surface area contributed by atoms with Crippen LogP contribution in [0.3, 0.4) is 0 Å². The van der Waals surface area contributed by atoms with E-state index in [9.17, 15) is 28.3 Å². The maximum atomic E-state index is 14.9. The quantitative estimate of drug-likeness (QED) is 0.0670. The molecule has 0 heterocycles. The molecule has 1 amide bonds. The van der Waals surface area contributed by atoms with Crippen LogP contribution in [0.1, 0.15) is 59.7 Å². The van der Waals surface area contributed by atoms with Crippen molar-refractivity contribution < 1.29 is 28.3 Å². The highest BCUT2D eigenvalue weighted by molar-refractivity contribution is 8.03. The van der Waals surface area contributed by atoms with E-state index < -0.39 is 25.3 Å². The minimum absolute atomic E-state index is 0.0141. The van der Waals surface area contributed by atoms with Crippen LogP contribution in [0, 0.1) is 41.5 Å². The molecule has 0 aliphatic heterocycles. The van der Waals surface area contributed by atoms with Crippen molar-refractivity contribution in [3.05, 3.63) is 184 Å². The van der Waals surface area contributed by atoms with Crippen molar-refractivity contribution in [1.82, 2.24) is 0 Å². The van der Waals surface area contributed by atoms with Gasteiger partial charge in [-0.25, -0.2) is 0 Å². The Kier molecular flexibility index (Phi) is 15.3. The summed E-state index contributed by atoms with van der Waals surface area (Å²) in [5, 5.41) is 4.86. The lowest BCUT2D eigenvalue weighted by Crippen LogP contribution is -2.24. The van der Waals surface area contributed by atoms with Crippen molar-refractivity contribution in [3.8, 4) is 0 Å². The summed E-state index contributed by atoms with van der Waals surface area (Å²) in [6.45, 7) is 11.1. The van der Waals surface area contributed by atoms with Crippen LogP contribution < -0.4 is 26.5 Å². The van der Waals surface area contributed by atoms with Crippen LogP contribution in [0.2, 0.25) is 0 Å². The van der Waals surface area contributed by atoms with Crippen LogP contribution in [-0.2, 0) is 25.1 Å². The molecule has 0 saturated heterocycles. The molecule has 6 aromatic carbocycles. The second-order valence-corrected chi connectivity index (χ2v) is 22.9. The predicted octanol–water partition coefficient (Wildman–Crippen LogP) is 10.1. The Hall–Kier alpha value is -5.04. The van der Waals surface area contributed by atoms with Gasteiger partial charge in [0.2, 0.25) is 31.2 Å². The van der Waals surface area contributed by atoms with E-state index in [4.69, 9.17) is 0 Å². The Labute approximate surface area is 373 Å². The average Bonchev–Trinajstić information content (AvgIpc) is 3.28. The molecule has 0 spiro atoms. The molecule has 6 aromatic rings. The largest absolute Gasteiger partial charge is 0.325 e. The van der Waals surface area contributed by atoms with E-state index in [0.717, 1.165) is 22.3 Å². The summed E-state index contributed by atoms with van der Waals surface area (Å²) in [6, 6.07) is 39.2. The molecule has 0 fully saturated rings. The third-order valence-electron chi connectivity index (χ3n) is 11.1. The van der Waals surface area contributed by atoms with Crippen LogP contribution in [0.5, 0.6) is 0 Å². The van der Waals surface area contributed by atoms with Gasteiger partial charge in [0.15, 0.2) is 0 Å². The second-order valence-electron chi connectivity index (χ2n) is 15.4. The Morgan fingerprint density at radius 2 is 0.855 bits per heavy atom. The van der Waals surface area contributed by atoms with Crippen molar-refractivity contribution in [2.75, 3.05) is 28.3 Å². The molecule has 0 aliphatic carbocycles. The van der Waals surface area contributed by atoms with Crippen LogP contribution in [0.15, 0.2) is 133 Å². The van der Waals surface area contributed by atoms with Gasteiger partial charge in [0, 0.05) is 56.0 Å². The Balaban J connectivity index is 1.07. The molecule has 6 rings (SSSR count). The number of Topliss-reactive ketones (excluding diaryl/α,β-unsaturated/α-hetero) is 1.